The fraction of sp³-hybridized carbons (Fsp3) is 0.562. The molecule has 0 unspecified atom stereocenters. The Balaban J connectivity index is 1.36. The maximum Gasteiger partial charge on any atom is 0.223 e. The van der Waals surface area contributed by atoms with Crippen LogP contribution in [-0.2, 0) is 24.1 Å². The molecule has 1 N–H and O–H groups in total. The van der Waals surface area contributed by atoms with Crippen LogP contribution in [0.4, 0.5) is 0 Å². The monoisotopic (exact) mass is 334 g/mol. The van der Waals surface area contributed by atoms with Crippen molar-refractivity contribution in [1.29, 1.82) is 0 Å². The molecule has 3 heterocycles. The normalized spacial score (nSPS) is 17.9. The highest BCUT2D eigenvalue weighted by Crippen LogP contribution is 2.41. The van der Waals surface area contributed by atoms with Crippen LogP contribution in [0.1, 0.15) is 47.9 Å². The van der Waals surface area contributed by atoms with Gasteiger partial charge in [-0.05, 0) is 24.8 Å². The number of hydrogen-bond donors (Lipinski definition) is 1. The van der Waals surface area contributed by atoms with Crippen molar-refractivity contribution in [3.05, 3.63) is 33.9 Å². The van der Waals surface area contributed by atoms with Gasteiger partial charge in [-0.25, -0.2) is 0 Å². The molecule has 2 aromatic heterocycles. The summed E-state index contributed by atoms with van der Waals surface area (Å²) >= 11 is 5.72. The van der Waals surface area contributed by atoms with E-state index in [4.69, 9.17) is 16.1 Å². The Bertz CT molecular complexity index is 719. The Labute approximate surface area is 139 Å². The van der Waals surface area contributed by atoms with Crippen LogP contribution in [-0.4, -0.2) is 39.3 Å². The van der Waals surface area contributed by atoms with Crippen LogP contribution in [0.5, 0.6) is 0 Å². The molecule has 0 radical (unpaired) electrons. The molecule has 1 aliphatic carbocycles. The molecule has 0 saturated heterocycles. The van der Waals surface area contributed by atoms with Gasteiger partial charge in [0.05, 0.1) is 5.69 Å². The van der Waals surface area contributed by atoms with Crippen LogP contribution in [0.3, 0.4) is 0 Å². The minimum atomic E-state index is 0.156. The smallest absolute Gasteiger partial charge is 0.223 e. The number of carbonyl (C=O) groups is 1. The highest BCUT2D eigenvalue weighted by molar-refractivity contribution is 6.29. The highest BCUT2D eigenvalue weighted by atomic mass is 35.5. The quantitative estimate of drug-likeness (QED) is 0.932. The molecule has 6 nitrogen and oxygen atoms in total. The summed E-state index contributed by atoms with van der Waals surface area (Å²) < 4.78 is 5.05. The number of nitrogens with one attached hydrogen (secondary N) is 1. The number of hydrogen-bond acceptors (Lipinski definition) is 4. The summed E-state index contributed by atoms with van der Waals surface area (Å²) in [6, 6.07) is 1.66. The summed E-state index contributed by atoms with van der Waals surface area (Å²) in [6.45, 7) is 1.51. The third kappa shape index (κ3) is 3.13. The Kier molecular flexibility index (Phi) is 3.85. The van der Waals surface area contributed by atoms with Crippen molar-refractivity contribution >= 4 is 17.5 Å². The van der Waals surface area contributed by atoms with E-state index >= 15 is 0 Å². The molecule has 23 heavy (non-hydrogen) atoms. The maximum atomic E-state index is 12.4. The Morgan fingerprint density at radius 1 is 1.39 bits per heavy atom. The van der Waals surface area contributed by atoms with Gasteiger partial charge in [-0.1, -0.05) is 16.8 Å². The first-order valence-electron chi connectivity index (χ1n) is 8.15. The van der Waals surface area contributed by atoms with Gasteiger partial charge >= 0.3 is 0 Å². The zero-order valence-corrected chi connectivity index (χ0v) is 13.6. The summed E-state index contributed by atoms with van der Waals surface area (Å²) in [5.41, 5.74) is 3.81. The molecule has 122 valence electrons. The predicted octanol–water partition coefficient (Wildman–Crippen LogP) is 2.49. The van der Waals surface area contributed by atoms with E-state index in [0.717, 1.165) is 25.9 Å². The number of H-pyrrole nitrogens is 1. The van der Waals surface area contributed by atoms with Gasteiger partial charge in [0, 0.05) is 50.0 Å². The number of halogens is 1. The predicted molar refractivity (Wildman–Crippen MR) is 84.4 cm³/mol. The van der Waals surface area contributed by atoms with Crippen LogP contribution < -0.4 is 0 Å². The molecule has 0 atom stereocenters. The first kappa shape index (κ1) is 14.8. The van der Waals surface area contributed by atoms with E-state index in [1.807, 2.05) is 4.90 Å². The van der Waals surface area contributed by atoms with Gasteiger partial charge in [-0.15, -0.1) is 0 Å². The molecule has 0 bridgehead atoms. The van der Waals surface area contributed by atoms with Crippen molar-refractivity contribution in [3.63, 3.8) is 0 Å². The zero-order valence-electron chi connectivity index (χ0n) is 12.8. The van der Waals surface area contributed by atoms with Crippen LogP contribution in [0, 0.1) is 0 Å². The maximum absolute atomic E-state index is 12.4. The summed E-state index contributed by atoms with van der Waals surface area (Å²) in [5, 5.41) is 11.6. The van der Waals surface area contributed by atoms with Gasteiger partial charge in [-0.2, -0.15) is 5.10 Å². The number of amides is 1. The van der Waals surface area contributed by atoms with E-state index < -0.39 is 0 Å². The number of aryl methyl sites for hydroxylation is 1. The van der Waals surface area contributed by atoms with Crippen LogP contribution in [0.15, 0.2) is 10.6 Å². The standard InChI is InChI=1S/C16H19ClN4O2/c17-14-9-11(23-20-14)3-4-15(22)21-7-5-12-13(6-8-21)18-19-16(12)10-1-2-10/h9-10H,1-8H2,(H,18,19). The van der Waals surface area contributed by atoms with Crippen molar-refractivity contribution in [2.75, 3.05) is 13.1 Å². The van der Waals surface area contributed by atoms with E-state index in [-0.39, 0.29) is 5.91 Å². The molecule has 2 aliphatic rings. The van der Waals surface area contributed by atoms with Gasteiger partial charge in [-0.3, -0.25) is 9.89 Å². The summed E-state index contributed by atoms with van der Waals surface area (Å²) in [5.74, 6) is 1.46. The van der Waals surface area contributed by atoms with E-state index in [1.165, 1.54) is 29.8 Å². The second kappa shape index (κ2) is 6.00. The van der Waals surface area contributed by atoms with Crippen molar-refractivity contribution in [2.45, 2.75) is 44.4 Å². The number of aromatic nitrogens is 3. The lowest BCUT2D eigenvalue weighted by Gasteiger charge is -2.20. The third-order valence-electron chi connectivity index (χ3n) is 4.68. The molecule has 1 fully saturated rings. The topological polar surface area (TPSA) is 75.0 Å². The molecule has 0 spiro atoms. The fourth-order valence-corrected chi connectivity index (χ4v) is 3.40. The largest absolute Gasteiger partial charge is 0.360 e. The lowest BCUT2D eigenvalue weighted by Crippen LogP contribution is -2.33. The SMILES string of the molecule is O=C(CCc1cc(Cl)no1)N1CCc2[nH]nc(C3CC3)c2CC1. The first-order chi connectivity index (χ1) is 11.2. The second-order valence-corrected chi connectivity index (χ2v) is 6.72. The van der Waals surface area contributed by atoms with Crippen molar-refractivity contribution in [1.82, 2.24) is 20.3 Å². The molecule has 4 rings (SSSR count). The van der Waals surface area contributed by atoms with Gasteiger partial charge < -0.3 is 9.42 Å². The van der Waals surface area contributed by atoms with Crippen molar-refractivity contribution < 1.29 is 9.32 Å². The van der Waals surface area contributed by atoms with Gasteiger partial charge in [0.2, 0.25) is 5.91 Å². The fourth-order valence-electron chi connectivity index (χ4n) is 3.25. The number of aromatic amines is 1. The summed E-state index contributed by atoms with van der Waals surface area (Å²) in [7, 11) is 0. The van der Waals surface area contributed by atoms with E-state index in [0.29, 0.717) is 29.7 Å². The van der Waals surface area contributed by atoms with E-state index in [2.05, 4.69) is 15.4 Å². The molecule has 1 saturated carbocycles. The average Bonchev–Trinajstić information content (AvgIpc) is 3.25. The van der Waals surface area contributed by atoms with Crippen molar-refractivity contribution in [2.24, 2.45) is 0 Å². The van der Waals surface area contributed by atoms with Gasteiger partial charge in [0.15, 0.2) is 5.15 Å². The summed E-state index contributed by atoms with van der Waals surface area (Å²) in [6.07, 6.45) is 5.22. The molecular weight excluding hydrogens is 316 g/mol. The van der Waals surface area contributed by atoms with Crippen LogP contribution in [0.25, 0.3) is 0 Å². The molecule has 1 aliphatic heterocycles. The summed E-state index contributed by atoms with van der Waals surface area (Å²) in [4.78, 5) is 14.4. The second-order valence-electron chi connectivity index (χ2n) is 6.34. The van der Waals surface area contributed by atoms with Gasteiger partial charge in [0.1, 0.15) is 5.76 Å². The number of carbonyl (C=O) groups excluding carboxylic acids is 1. The minimum absolute atomic E-state index is 0.156. The third-order valence-corrected chi connectivity index (χ3v) is 4.86. The Hall–Kier alpha value is -1.82. The molecule has 0 aromatic carbocycles. The molecule has 2 aromatic rings. The number of rotatable bonds is 4. The lowest BCUT2D eigenvalue weighted by molar-refractivity contribution is -0.131. The molecule has 1 amide bonds. The highest BCUT2D eigenvalue weighted by Gasteiger charge is 2.31. The van der Waals surface area contributed by atoms with Crippen LogP contribution in [0.2, 0.25) is 5.15 Å². The van der Waals surface area contributed by atoms with Crippen molar-refractivity contribution in [3.8, 4) is 0 Å². The average molecular weight is 335 g/mol. The van der Waals surface area contributed by atoms with Gasteiger partial charge in [0.25, 0.3) is 0 Å². The number of fused-ring (bicyclic) bond motifs is 1. The van der Waals surface area contributed by atoms with E-state index in [9.17, 15) is 4.79 Å². The molecule has 7 heteroatoms. The molecular formula is C16H19ClN4O2. The minimum Gasteiger partial charge on any atom is -0.360 e. The first-order valence-corrected chi connectivity index (χ1v) is 8.53. The Morgan fingerprint density at radius 3 is 2.96 bits per heavy atom. The number of nitrogens with zero attached hydrogens (tertiary/aromatic N) is 3. The van der Waals surface area contributed by atoms with E-state index in [1.54, 1.807) is 6.07 Å². The Morgan fingerprint density at radius 2 is 2.22 bits per heavy atom. The zero-order chi connectivity index (χ0) is 15.8. The lowest BCUT2D eigenvalue weighted by atomic mass is 10.1. The van der Waals surface area contributed by atoms with Crippen LogP contribution >= 0.6 is 11.6 Å².